The number of likely N-dealkylation sites (tertiary alicyclic amines) is 1. The fourth-order valence-electron chi connectivity index (χ4n) is 3.33. The Hall–Kier alpha value is -2.70. The predicted molar refractivity (Wildman–Crippen MR) is 90.7 cm³/mol. The first-order chi connectivity index (χ1) is 12.0. The summed E-state index contributed by atoms with van der Waals surface area (Å²) in [5.41, 5.74) is 7.18. The highest BCUT2D eigenvalue weighted by molar-refractivity contribution is 5.95. The highest BCUT2D eigenvalue weighted by Gasteiger charge is 2.30. The second kappa shape index (κ2) is 7.04. The summed E-state index contributed by atoms with van der Waals surface area (Å²) < 4.78 is 14.7. The molecule has 1 unspecified atom stereocenters. The normalized spacial score (nSPS) is 17.5. The number of aromatic nitrogens is 2. The fourth-order valence-corrected chi connectivity index (χ4v) is 3.33. The minimum atomic E-state index is -0.400. The Morgan fingerprint density at radius 1 is 1.28 bits per heavy atom. The van der Waals surface area contributed by atoms with Crippen LogP contribution in [-0.4, -0.2) is 39.1 Å². The quantitative estimate of drug-likeness (QED) is 0.923. The Balaban J connectivity index is 1.87. The van der Waals surface area contributed by atoms with Gasteiger partial charge in [-0.1, -0.05) is 0 Å². The molecule has 0 aliphatic carbocycles. The molecule has 1 aliphatic rings. The third-order valence-corrected chi connectivity index (χ3v) is 4.64. The molecule has 1 aliphatic heterocycles. The molecule has 6 nitrogen and oxygen atoms in total. The number of hydrogen-bond acceptors (Lipinski definition) is 3. The Labute approximate surface area is 145 Å². The zero-order chi connectivity index (χ0) is 18.0. The second-order valence-electron chi connectivity index (χ2n) is 6.35. The van der Waals surface area contributed by atoms with E-state index in [-0.39, 0.29) is 24.2 Å². The Morgan fingerprint density at radius 2 is 2.00 bits per heavy atom. The molecular formula is C18H21FN4O2. The molecule has 0 saturated carbocycles. The number of benzene rings is 1. The maximum absolute atomic E-state index is 13.1. The van der Waals surface area contributed by atoms with Gasteiger partial charge in [0, 0.05) is 19.0 Å². The molecule has 1 aromatic carbocycles. The molecular weight excluding hydrogens is 323 g/mol. The van der Waals surface area contributed by atoms with Crippen molar-refractivity contribution in [3.63, 3.8) is 0 Å². The molecule has 3 rings (SSSR count). The van der Waals surface area contributed by atoms with Crippen molar-refractivity contribution in [1.29, 1.82) is 0 Å². The van der Waals surface area contributed by atoms with Gasteiger partial charge < -0.3 is 10.6 Å². The van der Waals surface area contributed by atoms with Gasteiger partial charge in [0.15, 0.2) is 0 Å². The van der Waals surface area contributed by atoms with Gasteiger partial charge in [0.2, 0.25) is 5.91 Å². The van der Waals surface area contributed by atoms with Crippen LogP contribution in [0.5, 0.6) is 0 Å². The minimum Gasteiger partial charge on any atom is -0.370 e. The summed E-state index contributed by atoms with van der Waals surface area (Å²) in [6.45, 7) is 2.41. The summed E-state index contributed by atoms with van der Waals surface area (Å²) in [5, 5.41) is 4.27. The number of hydrogen-bond donors (Lipinski definition) is 1. The molecule has 1 atom stereocenters. The summed E-state index contributed by atoms with van der Waals surface area (Å²) in [6.07, 6.45) is 4.37. The van der Waals surface area contributed by atoms with Crippen LogP contribution >= 0.6 is 0 Å². The number of piperidine rings is 1. The van der Waals surface area contributed by atoms with Crippen LogP contribution in [0.2, 0.25) is 0 Å². The van der Waals surface area contributed by atoms with E-state index in [0.29, 0.717) is 23.5 Å². The lowest BCUT2D eigenvalue weighted by atomic mass is 9.98. The van der Waals surface area contributed by atoms with Crippen molar-refractivity contribution in [2.75, 3.05) is 6.54 Å². The van der Waals surface area contributed by atoms with Gasteiger partial charge >= 0.3 is 0 Å². The molecule has 2 aromatic rings. The van der Waals surface area contributed by atoms with Crippen molar-refractivity contribution in [2.45, 2.75) is 38.6 Å². The van der Waals surface area contributed by atoms with Gasteiger partial charge in [-0.3, -0.25) is 9.59 Å². The average molecular weight is 344 g/mol. The largest absolute Gasteiger partial charge is 0.370 e. The lowest BCUT2D eigenvalue weighted by Gasteiger charge is -2.35. The van der Waals surface area contributed by atoms with Crippen LogP contribution in [0.3, 0.4) is 0 Å². The molecule has 132 valence electrons. The van der Waals surface area contributed by atoms with Crippen molar-refractivity contribution < 1.29 is 14.0 Å². The molecule has 25 heavy (non-hydrogen) atoms. The van der Waals surface area contributed by atoms with E-state index in [1.54, 1.807) is 28.6 Å². The minimum absolute atomic E-state index is 0.142. The molecule has 2 heterocycles. The number of amides is 2. The average Bonchev–Trinajstić information content (AvgIpc) is 2.96. The van der Waals surface area contributed by atoms with Crippen LogP contribution in [0, 0.1) is 12.7 Å². The topological polar surface area (TPSA) is 81.2 Å². The predicted octanol–water partition coefficient (Wildman–Crippen LogP) is 2.19. The standard InChI is InChI=1S/C18H21FN4O2/c1-12-16(11-21-23(12)14-7-5-13(19)6-8-14)18(25)22-9-3-2-4-15(22)10-17(20)24/h5-8,11,15H,2-4,9-10H2,1H3,(H2,20,24). The van der Waals surface area contributed by atoms with E-state index >= 15 is 0 Å². The molecule has 1 fully saturated rings. The van der Waals surface area contributed by atoms with Gasteiger partial charge in [0.05, 0.1) is 23.1 Å². The van der Waals surface area contributed by atoms with Crippen LogP contribution in [0.15, 0.2) is 30.5 Å². The molecule has 2 amide bonds. The first kappa shape index (κ1) is 17.1. The van der Waals surface area contributed by atoms with Crippen molar-refractivity contribution >= 4 is 11.8 Å². The van der Waals surface area contributed by atoms with Gasteiger partial charge in [-0.2, -0.15) is 5.10 Å². The van der Waals surface area contributed by atoms with Crippen molar-refractivity contribution in [1.82, 2.24) is 14.7 Å². The summed E-state index contributed by atoms with van der Waals surface area (Å²) in [4.78, 5) is 26.0. The van der Waals surface area contributed by atoms with Gasteiger partial charge in [0.1, 0.15) is 5.82 Å². The molecule has 1 aromatic heterocycles. The first-order valence-electron chi connectivity index (χ1n) is 8.37. The Bertz CT molecular complexity index is 785. The SMILES string of the molecule is Cc1c(C(=O)N2CCCCC2CC(N)=O)cnn1-c1ccc(F)cc1. The highest BCUT2D eigenvalue weighted by atomic mass is 19.1. The number of carbonyl (C=O) groups excluding carboxylic acids is 2. The molecule has 7 heteroatoms. The van der Waals surface area contributed by atoms with E-state index in [1.165, 1.54) is 18.3 Å². The maximum atomic E-state index is 13.1. The van der Waals surface area contributed by atoms with Crippen LogP contribution in [0.25, 0.3) is 5.69 Å². The van der Waals surface area contributed by atoms with Crippen molar-refractivity contribution in [3.05, 3.63) is 47.5 Å². The van der Waals surface area contributed by atoms with Crippen LogP contribution < -0.4 is 5.73 Å². The van der Waals surface area contributed by atoms with Crippen molar-refractivity contribution in [2.24, 2.45) is 5.73 Å². The summed E-state index contributed by atoms with van der Waals surface area (Å²) in [7, 11) is 0. The molecule has 2 N–H and O–H groups in total. The number of halogens is 1. The molecule has 1 saturated heterocycles. The van der Waals surface area contributed by atoms with E-state index in [0.717, 1.165) is 19.3 Å². The van der Waals surface area contributed by atoms with E-state index in [9.17, 15) is 14.0 Å². The van der Waals surface area contributed by atoms with E-state index in [2.05, 4.69) is 5.10 Å². The van der Waals surface area contributed by atoms with E-state index in [4.69, 9.17) is 5.73 Å². The number of nitrogens with two attached hydrogens (primary N) is 1. The van der Waals surface area contributed by atoms with Crippen molar-refractivity contribution in [3.8, 4) is 5.69 Å². The Kier molecular flexibility index (Phi) is 4.83. The van der Waals surface area contributed by atoms with Gasteiger partial charge in [-0.15, -0.1) is 0 Å². The Morgan fingerprint density at radius 3 is 2.68 bits per heavy atom. The summed E-state index contributed by atoms with van der Waals surface area (Å²) in [5.74, 6) is -0.868. The molecule has 0 spiro atoms. The number of carbonyl (C=O) groups is 2. The van der Waals surface area contributed by atoms with E-state index < -0.39 is 5.91 Å². The van der Waals surface area contributed by atoms with Crippen LogP contribution in [0.1, 0.15) is 41.7 Å². The fraction of sp³-hybridized carbons (Fsp3) is 0.389. The van der Waals surface area contributed by atoms with E-state index in [1.807, 2.05) is 0 Å². The number of primary amides is 1. The lowest BCUT2D eigenvalue weighted by Crippen LogP contribution is -2.45. The maximum Gasteiger partial charge on any atom is 0.257 e. The van der Waals surface area contributed by atoms with Crippen LogP contribution in [-0.2, 0) is 4.79 Å². The van der Waals surface area contributed by atoms with Crippen LogP contribution in [0.4, 0.5) is 4.39 Å². The second-order valence-corrected chi connectivity index (χ2v) is 6.35. The molecule has 0 radical (unpaired) electrons. The zero-order valence-corrected chi connectivity index (χ0v) is 14.1. The first-order valence-corrected chi connectivity index (χ1v) is 8.37. The lowest BCUT2D eigenvalue weighted by molar-refractivity contribution is -0.119. The number of nitrogens with zero attached hydrogens (tertiary/aromatic N) is 3. The highest BCUT2D eigenvalue weighted by Crippen LogP contribution is 2.24. The zero-order valence-electron chi connectivity index (χ0n) is 14.1. The molecule has 0 bridgehead atoms. The summed E-state index contributed by atoms with van der Waals surface area (Å²) >= 11 is 0. The smallest absolute Gasteiger partial charge is 0.257 e. The third-order valence-electron chi connectivity index (χ3n) is 4.64. The third kappa shape index (κ3) is 3.55. The van der Waals surface area contributed by atoms with Gasteiger partial charge in [-0.05, 0) is 50.5 Å². The summed E-state index contributed by atoms with van der Waals surface area (Å²) in [6, 6.07) is 5.77. The number of rotatable bonds is 4. The monoisotopic (exact) mass is 344 g/mol. The van der Waals surface area contributed by atoms with Gasteiger partial charge in [0.25, 0.3) is 5.91 Å². The van der Waals surface area contributed by atoms with Gasteiger partial charge in [-0.25, -0.2) is 9.07 Å².